The fourth-order valence-corrected chi connectivity index (χ4v) is 12.0. The number of cyclic esters (lactones) is 1. The van der Waals surface area contributed by atoms with Gasteiger partial charge < -0.3 is 95.4 Å². The number of carbonyl (C=O) groups excluding carboxylic acids is 16. The van der Waals surface area contributed by atoms with Gasteiger partial charge in [0.15, 0.2) is 29.2 Å². The number of para-hydroxylation sites is 2. The number of nitrogens with two attached hydrogens (primary N) is 3. The van der Waals surface area contributed by atoms with Crippen LogP contribution in [0.25, 0.3) is 10.9 Å². The summed E-state index contributed by atoms with van der Waals surface area (Å²) in [7, 11) is 0. The summed E-state index contributed by atoms with van der Waals surface area (Å²) >= 11 is 0. The van der Waals surface area contributed by atoms with Crippen LogP contribution in [0, 0.1) is 23.7 Å². The number of aliphatic carboxylic acids is 2. The van der Waals surface area contributed by atoms with Gasteiger partial charge in [0.25, 0.3) is 0 Å². The first kappa shape index (κ1) is 89.8. The average molecular weight is 1550 g/mol. The highest BCUT2D eigenvalue weighted by Gasteiger charge is 2.42. The SMILES string of the molecule is CC(C)c1ccc(CCCC(=O)N[C@@H](Cc2c[nH]c3ccccc23)C(=O)N[C@H](CC(N)=O)C(=O)C[C@@H](C)C(=O)N[C@@H]2C(=O)NCC(=O)N[C@@H](CCCN)C(=O)N[C@@H](CC(=O)O)C(=O)C[C@H](C)C(=O)N[C@@H](C)C(=O)NCC(=O)N[C@H](CO)C(=O)C[C@@H]([C@H](C)CC(=O)O)C(=O)N[C@@H](C(=O)c3ccccc3N)C(=O)O[C@@H]2C)cc1. The van der Waals surface area contributed by atoms with E-state index in [4.69, 9.17) is 21.9 Å². The number of hydrogen-bond donors (Lipinski definition) is 17. The number of anilines is 1. The van der Waals surface area contributed by atoms with Crippen LogP contribution in [-0.4, -0.2) is 207 Å². The van der Waals surface area contributed by atoms with Crippen LogP contribution < -0.4 is 70.4 Å². The maximum atomic E-state index is 14.8. The smallest absolute Gasteiger partial charge is 0.337 e. The van der Waals surface area contributed by atoms with Crippen LogP contribution in [0.1, 0.15) is 146 Å². The lowest BCUT2D eigenvalue weighted by molar-refractivity contribution is -0.155. The molecule has 0 unspecified atom stereocenters. The van der Waals surface area contributed by atoms with Gasteiger partial charge in [-0.2, -0.15) is 0 Å². The van der Waals surface area contributed by atoms with E-state index in [1.807, 2.05) is 24.3 Å². The third-order valence-electron chi connectivity index (χ3n) is 18.5. The molecule has 36 heteroatoms. The summed E-state index contributed by atoms with van der Waals surface area (Å²) < 4.78 is 5.72. The molecular formula is C75H100N14O22. The Bertz CT molecular complexity index is 4090. The minimum absolute atomic E-state index is 0.00724. The number of carboxylic acid groups (broad SMARTS) is 2. The van der Waals surface area contributed by atoms with E-state index in [-0.39, 0.29) is 37.9 Å². The summed E-state index contributed by atoms with van der Waals surface area (Å²) in [6.07, 6.45) is -5.24. The predicted molar refractivity (Wildman–Crippen MR) is 397 cm³/mol. The van der Waals surface area contributed by atoms with Crippen LogP contribution in [0.15, 0.2) is 79.0 Å². The number of aryl methyl sites for hydroxylation is 1. The molecule has 20 N–H and O–H groups in total. The van der Waals surface area contributed by atoms with Gasteiger partial charge in [0.1, 0.15) is 36.3 Å². The zero-order valence-corrected chi connectivity index (χ0v) is 62.7. The number of carbonyl (C=O) groups is 18. The maximum absolute atomic E-state index is 14.8. The fraction of sp³-hybridized carbons (Fsp3) is 0.493. The Hall–Kier alpha value is -11.8. The lowest BCUT2D eigenvalue weighted by Gasteiger charge is -2.29. The Morgan fingerprint density at radius 3 is 1.89 bits per heavy atom. The summed E-state index contributed by atoms with van der Waals surface area (Å²) in [4.78, 5) is 251. The van der Waals surface area contributed by atoms with Crippen molar-refractivity contribution in [2.24, 2.45) is 35.1 Å². The number of aromatic nitrogens is 1. The molecule has 0 aliphatic carbocycles. The average Bonchev–Trinajstić information content (AvgIpc) is 1.68. The molecule has 1 fully saturated rings. The molecule has 1 aliphatic rings. The Morgan fingerprint density at radius 1 is 0.640 bits per heavy atom. The van der Waals surface area contributed by atoms with E-state index in [0.717, 1.165) is 24.1 Å². The van der Waals surface area contributed by atoms with Crippen molar-refractivity contribution in [1.82, 2.24) is 58.2 Å². The number of primary amides is 1. The van der Waals surface area contributed by atoms with Gasteiger partial charge in [0, 0.05) is 84.6 Å². The van der Waals surface area contributed by atoms with Gasteiger partial charge in [-0.15, -0.1) is 0 Å². The summed E-state index contributed by atoms with van der Waals surface area (Å²) in [6.45, 7) is 6.64. The molecule has 11 amide bonds. The standard InChI is InChI=1S/C75H100N14O22/c1-37(2)44-23-21-43(22-24-44)14-12-20-60(95)84-54(29-45-33-79-50-18-11-9-15-46(45)50)73(108)86-52(31-59(78)94)56(91)27-40(5)69(104)88-65-42(7)111-75(110)66(67(102)47-16-8-10-17-49(47)77)89-71(106)48(38(3)28-63(98)99)30-58(93)55(36-90)85-62(97)34-80-70(105)41(6)82-68(103)39(4)26-57(92)53(32-64(100)101)87-72(107)51(19-13-25-76)83-61(96)35-81-74(65)109/h8-11,15-18,21-24,33,37-42,48,51-55,65-66,79,90H,12-14,19-20,25-32,34-36,76-77H2,1-7H3,(H2,78,94)(H,80,105)(H,81,109)(H,82,103)(H,83,96)(H,84,95)(H,85,97)(H,86,108)(H,87,107)(H,88,104)(H,89,106)(H,98,99)(H,100,101)/t38-,39+,40-,41+,42-,48+,51+,52-,53+,54+,55-,65+,66+/m1/s1. The van der Waals surface area contributed by atoms with E-state index in [1.54, 1.807) is 30.5 Å². The minimum atomic E-state index is -2.54. The zero-order chi connectivity index (χ0) is 82.5. The van der Waals surface area contributed by atoms with Crippen molar-refractivity contribution in [3.8, 4) is 0 Å². The molecule has 0 bridgehead atoms. The van der Waals surface area contributed by atoms with Crippen LogP contribution in [0.3, 0.4) is 0 Å². The number of ether oxygens (including phenoxy) is 1. The number of aromatic amines is 1. The highest BCUT2D eigenvalue weighted by Crippen LogP contribution is 2.25. The normalized spacial score (nSPS) is 21.8. The number of carboxylic acids is 2. The van der Waals surface area contributed by atoms with Crippen LogP contribution in [-0.2, 0) is 99.1 Å². The topological polar surface area (TPSA) is 591 Å². The van der Waals surface area contributed by atoms with Gasteiger partial charge in [-0.3, -0.25) is 81.5 Å². The van der Waals surface area contributed by atoms with E-state index in [9.17, 15) is 102 Å². The second kappa shape index (κ2) is 43.4. The van der Waals surface area contributed by atoms with Crippen molar-refractivity contribution in [2.75, 3.05) is 32.0 Å². The Labute approximate surface area is 638 Å². The number of esters is 1. The number of hydrogen-bond acceptors (Lipinski definition) is 22. The Balaban J connectivity index is 1.53. The van der Waals surface area contributed by atoms with E-state index >= 15 is 0 Å². The number of nitrogen functional groups attached to an aromatic ring is 1. The van der Waals surface area contributed by atoms with E-state index in [1.165, 1.54) is 45.9 Å². The van der Waals surface area contributed by atoms with Crippen molar-refractivity contribution >= 4 is 123 Å². The van der Waals surface area contributed by atoms with E-state index in [0.29, 0.717) is 35.2 Å². The number of amides is 11. The van der Waals surface area contributed by atoms with Crippen molar-refractivity contribution in [2.45, 2.75) is 186 Å². The van der Waals surface area contributed by atoms with Crippen molar-refractivity contribution in [3.05, 3.63) is 101 Å². The Morgan fingerprint density at radius 2 is 1.27 bits per heavy atom. The highest BCUT2D eigenvalue weighted by molar-refractivity contribution is 6.16. The number of H-pyrrole nitrogens is 1. The van der Waals surface area contributed by atoms with Gasteiger partial charge in [-0.25, -0.2) is 4.79 Å². The van der Waals surface area contributed by atoms with Gasteiger partial charge in [-0.1, -0.05) is 89.2 Å². The van der Waals surface area contributed by atoms with Crippen LogP contribution in [0.2, 0.25) is 0 Å². The molecule has 5 rings (SSSR count). The van der Waals surface area contributed by atoms with Gasteiger partial charge in [0.05, 0.1) is 44.6 Å². The number of rotatable bonds is 28. The summed E-state index contributed by atoms with van der Waals surface area (Å²) in [6, 6.07) is 5.46. The first-order valence-corrected chi connectivity index (χ1v) is 36.2. The number of aliphatic hydroxyl groups excluding tert-OH is 1. The second-order valence-corrected chi connectivity index (χ2v) is 27.9. The number of fused-ring (bicyclic) bond motifs is 1. The van der Waals surface area contributed by atoms with Crippen molar-refractivity contribution in [3.63, 3.8) is 0 Å². The molecule has 2 heterocycles. The number of Topliss-reactive ketones (excluding diaryl/α,β-unsaturated/α-hetero) is 4. The lowest BCUT2D eigenvalue weighted by Crippen LogP contribution is -2.58. The zero-order valence-electron chi connectivity index (χ0n) is 62.7. The first-order valence-electron chi connectivity index (χ1n) is 36.2. The lowest BCUT2D eigenvalue weighted by atomic mass is 9.84. The van der Waals surface area contributed by atoms with Crippen LogP contribution >= 0.6 is 0 Å². The fourth-order valence-electron chi connectivity index (χ4n) is 12.0. The molecule has 1 saturated heterocycles. The second-order valence-electron chi connectivity index (χ2n) is 27.9. The molecule has 36 nitrogen and oxygen atoms in total. The summed E-state index contributed by atoms with van der Waals surface area (Å²) in [5, 5.41) is 54.0. The molecular weight excluding hydrogens is 1450 g/mol. The summed E-state index contributed by atoms with van der Waals surface area (Å²) in [5.74, 6) is -26.9. The summed E-state index contributed by atoms with van der Waals surface area (Å²) in [5.41, 5.74) is 20.2. The van der Waals surface area contributed by atoms with Crippen molar-refractivity contribution in [1.29, 1.82) is 0 Å². The van der Waals surface area contributed by atoms with Gasteiger partial charge in [-0.05, 0) is 92.8 Å². The number of nitrogens with one attached hydrogen (secondary N) is 11. The number of ketones is 4. The molecule has 0 radical (unpaired) electrons. The van der Waals surface area contributed by atoms with E-state index < -0.39 is 248 Å². The molecule has 1 aliphatic heterocycles. The quantitative estimate of drug-likeness (QED) is 0.0131. The first-order chi connectivity index (χ1) is 52.4. The molecule has 4 aromatic rings. The Kier molecular flexibility index (Phi) is 35.1. The van der Waals surface area contributed by atoms with Crippen molar-refractivity contribution < 1.29 is 106 Å². The van der Waals surface area contributed by atoms with Gasteiger partial charge >= 0.3 is 17.9 Å². The molecule has 602 valence electrons. The highest BCUT2D eigenvalue weighted by atomic mass is 16.5. The molecule has 3 aromatic carbocycles. The number of benzene rings is 3. The maximum Gasteiger partial charge on any atom is 0.337 e. The molecule has 0 spiro atoms. The molecule has 1 aromatic heterocycles. The van der Waals surface area contributed by atoms with E-state index in [2.05, 4.69) is 72.0 Å². The molecule has 0 saturated carbocycles. The molecule has 111 heavy (non-hydrogen) atoms. The number of aliphatic hydroxyl groups is 1. The third kappa shape index (κ3) is 28.3. The van der Waals surface area contributed by atoms with Crippen LogP contribution in [0.5, 0.6) is 0 Å². The minimum Gasteiger partial charge on any atom is -0.481 e. The third-order valence-corrected chi connectivity index (χ3v) is 18.5. The van der Waals surface area contributed by atoms with Gasteiger partial charge in [0.2, 0.25) is 65.0 Å². The predicted octanol–water partition coefficient (Wildman–Crippen LogP) is -1.64. The largest absolute Gasteiger partial charge is 0.481 e. The molecule has 13 atom stereocenters. The monoisotopic (exact) mass is 1550 g/mol. The van der Waals surface area contributed by atoms with Crippen LogP contribution in [0.4, 0.5) is 5.69 Å².